The van der Waals surface area contributed by atoms with Crippen LogP contribution in [0.3, 0.4) is 0 Å². The third-order valence-electron chi connectivity index (χ3n) is 4.43. The topological polar surface area (TPSA) is 97.0 Å². The van der Waals surface area contributed by atoms with Crippen LogP contribution >= 0.6 is 0 Å². The molecule has 0 saturated carbocycles. The van der Waals surface area contributed by atoms with E-state index >= 15 is 0 Å². The first-order valence-electron chi connectivity index (χ1n) is 8.07. The second-order valence-corrected chi connectivity index (χ2v) is 6.09. The summed E-state index contributed by atoms with van der Waals surface area (Å²) < 4.78 is 1.70. The van der Waals surface area contributed by atoms with Crippen LogP contribution < -0.4 is 10.2 Å². The van der Waals surface area contributed by atoms with Crippen LogP contribution in [-0.2, 0) is 0 Å². The quantitative estimate of drug-likeness (QED) is 0.591. The minimum atomic E-state index is 0.547. The molecule has 0 aromatic carbocycles. The van der Waals surface area contributed by atoms with Crippen molar-refractivity contribution in [3.63, 3.8) is 0 Å². The van der Waals surface area contributed by atoms with Crippen LogP contribution in [0.2, 0.25) is 0 Å². The number of hydrogen-bond donors (Lipinski definition) is 1. The van der Waals surface area contributed by atoms with Gasteiger partial charge in [-0.05, 0) is 18.2 Å². The highest BCUT2D eigenvalue weighted by Gasteiger charge is 2.28. The molecule has 9 nitrogen and oxygen atoms in total. The maximum atomic E-state index is 4.52. The van der Waals surface area contributed by atoms with Gasteiger partial charge in [-0.2, -0.15) is 4.52 Å². The molecule has 124 valence electrons. The molecule has 0 atom stereocenters. The van der Waals surface area contributed by atoms with Gasteiger partial charge >= 0.3 is 0 Å². The Balaban J connectivity index is 1.24. The Kier molecular flexibility index (Phi) is 3.15. The molecular weight excluding hydrogens is 318 g/mol. The average Bonchev–Trinajstić information content (AvgIpc) is 3.08. The number of nitrogens with zero attached hydrogens (tertiary/aromatic N) is 8. The molecule has 0 aliphatic carbocycles. The van der Waals surface area contributed by atoms with E-state index in [9.17, 15) is 0 Å². The zero-order valence-corrected chi connectivity index (χ0v) is 13.3. The highest BCUT2D eigenvalue weighted by Crippen LogP contribution is 2.24. The number of pyridine rings is 1. The Labute approximate surface area is 142 Å². The van der Waals surface area contributed by atoms with Gasteiger partial charge in [-0.15, -0.1) is 15.3 Å². The van der Waals surface area contributed by atoms with Crippen molar-refractivity contribution < 1.29 is 0 Å². The van der Waals surface area contributed by atoms with Crippen molar-refractivity contribution in [1.82, 2.24) is 34.8 Å². The van der Waals surface area contributed by atoms with Crippen molar-refractivity contribution in [2.75, 3.05) is 29.9 Å². The molecule has 25 heavy (non-hydrogen) atoms. The van der Waals surface area contributed by atoms with E-state index in [1.54, 1.807) is 29.6 Å². The molecule has 0 spiro atoms. The van der Waals surface area contributed by atoms with Gasteiger partial charge in [-0.1, -0.05) is 0 Å². The van der Waals surface area contributed by atoms with Crippen molar-refractivity contribution in [1.29, 1.82) is 0 Å². The zero-order valence-electron chi connectivity index (χ0n) is 13.3. The smallest absolute Gasteiger partial charge is 0.177 e. The maximum absolute atomic E-state index is 4.52. The molecule has 5 rings (SSSR count). The zero-order chi connectivity index (χ0) is 16.6. The lowest BCUT2D eigenvalue weighted by atomic mass is 10.0. The van der Waals surface area contributed by atoms with Crippen molar-refractivity contribution in [2.45, 2.75) is 0 Å². The standard InChI is InChI=1S/C16H15N9/c1-2-15(23-25-10-21-22-14(1)25)24-7-11(8-24)5-18-16-12-3-4-17-6-13(12)19-9-20-16/h1-4,6,9-11H,5,7-8H2,(H,18,19,20). The van der Waals surface area contributed by atoms with Crippen LogP contribution in [0.25, 0.3) is 16.6 Å². The Morgan fingerprint density at radius 1 is 1.16 bits per heavy atom. The fourth-order valence-electron chi connectivity index (χ4n) is 3.06. The Bertz CT molecular complexity index is 1030. The lowest BCUT2D eigenvalue weighted by molar-refractivity contribution is 0.425. The molecule has 1 aliphatic heterocycles. The Hall–Kier alpha value is -3.36. The van der Waals surface area contributed by atoms with E-state index in [-0.39, 0.29) is 0 Å². The van der Waals surface area contributed by atoms with E-state index < -0.39 is 0 Å². The lowest BCUT2D eigenvalue weighted by Gasteiger charge is -2.40. The molecule has 1 N–H and O–H groups in total. The number of anilines is 2. The van der Waals surface area contributed by atoms with Crippen molar-refractivity contribution in [3.8, 4) is 0 Å². The first-order valence-corrected chi connectivity index (χ1v) is 8.07. The van der Waals surface area contributed by atoms with Gasteiger partial charge in [0.1, 0.15) is 24.3 Å². The summed E-state index contributed by atoms with van der Waals surface area (Å²) in [5.41, 5.74) is 1.61. The van der Waals surface area contributed by atoms with Crippen LogP contribution in [0.5, 0.6) is 0 Å². The van der Waals surface area contributed by atoms with Crippen molar-refractivity contribution >= 4 is 28.2 Å². The highest BCUT2D eigenvalue weighted by atomic mass is 15.4. The minimum Gasteiger partial charge on any atom is -0.369 e. The van der Waals surface area contributed by atoms with E-state index in [1.807, 2.05) is 18.2 Å². The lowest BCUT2D eigenvalue weighted by Crippen LogP contribution is -2.50. The first-order chi connectivity index (χ1) is 12.4. The molecule has 1 saturated heterocycles. The second-order valence-electron chi connectivity index (χ2n) is 6.09. The Morgan fingerprint density at radius 2 is 2.12 bits per heavy atom. The van der Waals surface area contributed by atoms with Crippen LogP contribution in [-0.4, -0.2) is 54.4 Å². The summed E-state index contributed by atoms with van der Waals surface area (Å²) in [7, 11) is 0. The molecule has 0 amide bonds. The van der Waals surface area contributed by atoms with Gasteiger partial charge < -0.3 is 10.2 Å². The SMILES string of the molecule is c1cc2c(NCC3CN(c4ccc5nncn5n4)C3)ncnc2cn1. The largest absolute Gasteiger partial charge is 0.369 e. The predicted molar refractivity (Wildman–Crippen MR) is 92.3 cm³/mol. The Morgan fingerprint density at radius 3 is 3.08 bits per heavy atom. The van der Waals surface area contributed by atoms with Gasteiger partial charge in [0, 0.05) is 37.1 Å². The molecule has 9 heteroatoms. The molecule has 1 aliphatic rings. The molecule has 4 aromatic rings. The summed E-state index contributed by atoms with van der Waals surface area (Å²) in [6.07, 6.45) is 6.69. The van der Waals surface area contributed by atoms with Crippen molar-refractivity contribution in [3.05, 3.63) is 43.2 Å². The number of fused-ring (bicyclic) bond motifs is 2. The van der Waals surface area contributed by atoms with Gasteiger partial charge in [0.25, 0.3) is 0 Å². The monoisotopic (exact) mass is 333 g/mol. The predicted octanol–water partition coefficient (Wildman–Crippen LogP) is 1.01. The summed E-state index contributed by atoms with van der Waals surface area (Å²) in [4.78, 5) is 14.9. The van der Waals surface area contributed by atoms with E-state index in [0.29, 0.717) is 5.92 Å². The van der Waals surface area contributed by atoms with Crippen LogP contribution in [0.4, 0.5) is 11.6 Å². The third-order valence-corrected chi connectivity index (χ3v) is 4.43. The number of nitrogens with one attached hydrogen (secondary N) is 1. The van der Waals surface area contributed by atoms with Crippen LogP contribution in [0, 0.1) is 5.92 Å². The first kappa shape index (κ1) is 14.0. The summed E-state index contributed by atoms with van der Waals surface area (Å²) in [5.74, 6) is 2.35. The molecular formula is C16H15N9. The molecule has 0 unspecified atom stereocenters. The summed E-state index contributed by atoms with van der Waals surface area (Å²) in [6.45, 7) is 2.77. The molecule has 5 heterocycles. The van der Waals surface area contributed by atoms with E-state index in [1.165, 1.54) is 0 Å². The van der Waals surface area contributed by atoms with E-state index in [2.05, 4.69) is 40.5 Å². The fourth-order valence-corrected chi connectivity index (χ4v) is 3.06. The van der Waals surface area contributed by atoms with E-state index in [4.69, 9.17) is 0 Å². The highest BCUT2D eigenvalue weighted by molar-refractivity contribution is 5.87. The molecule has 0 radical (unpaired) electrons. The van der Waals surface area contributed by atoms with Gasteiger partial charge in [0.05, 0.1) is 11.7 Å². The molecule has 0 bridgehead atoms. The van der Waals surface area contributed by atoms with Gasteiger partial charge in [0.2, 0.25) is 0 Å². The average molecular weight is 333 g/mol. The summed E-state index contributed by atoms with van der Waals surface area (Å²) >= 11 is 0. The summed E-state index contributed by atoms with van der Waals surface area (Å²) in [5, 5.41) is 16.8. The number of hydrogen-bond acceptors (Lipinski definition) is 8. The van der Waals surface area contributed by atoms with Crippen LogP contribution in [0.15, 0.2) is 43.2 Å². The van der Waals surface area contributed by atoms with Crippen molar-refractivity contribution in [2.24, 2.45) is 5.92 Å². The van der Waals surface area contributed by atoms with Gasteiger partial charge in [-0.3, -0.25) is 4.98 Å². The van der Waals surface area contributed by atoms with Gasteiger partial charge in [0.15, 0.2) is 5.65 Å². The summed E-state index contributed by atoms with van der Waals surface area (Å²) in [6, 6.07) is 5.85. The van der Waals surface area contributed by atoms with E-state index in [0.717, 1.165) is 47.8 Å². The maximum Gasteiger partial charge on any atom is 0.177 e. The van der Waals surface area contributed by atoms with Crippen LogP contribution in [0.1, 0.15) is 0 Å². The molecule has 1 fully saturated rings. The number of aromatic nitrogens is 7. The number of rotatable bonds is 4. The third kappa shape index (κ3) is 2.49. The fraction of sp³-hybridized carbons (Fsp3) is 0.250. The van der Waals surface area contributed by atoms with Gasteiger partial charge in [-0.25, -0.2) is 9.97 Å². The second kappa shape index (κ2) is 5.62. The molecule has 4 aromatic heterocycles. The minimum absolute atomic E-state index is 0.547. The normalized spacial score (nSPS) is 14.8.